The standard InChI is InChI=1S/C13H15N3O/c17-13(10-4-1-2-5-10)15-11-6-3-8-16-9-7-14-12(11)16/h3,6-10H,1-2,4-5H2,(H,15,17). The van der Waals surface area contributed by atoms with Crippen LogP contribution in [0, 0.1) is 5.92 Å². The highest BCUT2D eigenvalue weighted by molar-refractivity contribution is 5.95. The zero-order valence-corrected chi connectivity index (χ0v) is 9.60. The van der Waals surface area contributed by atoms with E-state index in [1.165, 1.54) is 12.8 Å². The van der Waals surface area contributed by atoms with Crippen molar-refractivity contribution in [3.63, 3.8) is 0 Å². The Morgan fingerprint density at radius 3 is 3.00 bits per heavy atom. The van der Waals surface area contributed by atoms with Crippen LogP contribution in [0.1, 0.15) is 25.7 Å². The number of imidazole rings is 1. The first-order chi connectivity index (χ1) is 8.34. The molecule has 1 fully saturated rings. The molecule has 1 amide bonds. The number of rotatable bonds is 2. The topological polar surface area (TPSA) is 46.4 Å². The van der Waals surface area contributed by atoms with E-state index < -0.39 is 0 Å². The molecule has 0 radical (unpaired) electrons. The molecule has 2 aromatic heterocycles. The first kappa shape index (κ1) is 10.3. The summed E-state index contributed by atoms with van der Waals surface area (Å²) in [6.07, 6.45) is 9.92. The van der Waals surface area contributed by atoms with Gasteiger partial charge in [0.15, 0.2) is 5.65 Å². The maximum absolute atomic E-state index is 12.0. The fraction of sp³-hybridized carbons (Fsp3) is 0.385. The molecule has 0 aliphatic heterocycles. The van der Waals surface area contributed by atoms with E-state index in [1.54, 1.807) is 6.20 Å². The molecule has 1 aliphatic carbocycles. The van der Waals surface area contributed by atoms with Crippen LogP contribution in [0.3, 0.4) is 0 Å². The summed E-state index contributed by atoms with van der Waals surface area (Å²) in [4.78, 5) is 16.3. The SMILES string of the molecule is O=C(Nc1cccn2ccnc12)C1CCCC1. The Kier molecular flexibility index (Phi) is 2.55. The van der Waals surface area contributed by atoms with E-state index in [4.69, 9.17) is 0 Å². The zero-order valence-electron chi connectivity index (χ0n) is 9.60. The molecule has 4 heteroatoms. The number of amides is 1. The summed E-state index contributed by atoms with van der Waals surface area (Å²) < 4.78 is 1.91. The monoisotopic (exact) mass is 229 g/mol. The van der Waals surface area contributed by atoms with E-state index in [0.717, 1.165) is 24.2 Å². The predicted molar refractivity (Wildman–Crippen MR) is 65.8 cm³/mol. The van der Waals surface area contributed by atoms with Crippen LogP contribution in [0.4, 0.5) is 5.69 Å². The lowest BCUT2D eigenvalue weighted by Gasteiger charge is -2.10. The summed E-state index contributed by atoms with van der Waals surface area (Å²) in [5.41, 5.74) is 1.60. The third kappa shape index (κ3) is 1.90. The van der Waals surface area contributed by atoms with E-state index in [2.05, 4.69) is 10.3 Å². The number of hydrogen-bond acceptors (Lipinski definition) is 2. The number of nitrogens with one attached hydrogen (secondary N) is 1. The number of carbonyl (C=O) groups excluding carboxylic acids is 1. The van der Waals surface area contributed by atoms with Crippen molar-refractivity contribution in [3.05, 3.63) is 30.7 Å². The largest absolute Gasteiger partial charge is 0.323 e. The molecule has 1 saturated carbocycles. The molecule has 1 N–H and O–H groups in total. The van der Waals surface area contributed by atoms with Gasteiger partial charge in [-0.2, -0.15) is 0 Å². The van der Waals surface area contributed by atoms with Crippen molar-refractivity contribution in [1.29, 1.82) is 0 Å². The highest BCUT2D eigenvalue weighted by Gasteiger charge is 2.23. The smallest absolute Gasteiger partial charge is 0.227 e. The summed E-state index contributed by atoms with van der Waals surface area (Å²) in [5.74, 6) is 0.323. The average Bonchev–Trinajstić information content (AvgIpc) is 3.00. The van der Waals surface area contributed by atoms with E-state index >= 15 is 0 Å². The van der Waals surface area contributed by atoms with Crippen LogP contribution in [0.5, 0.6) is 0 Å². The van der Waals surface area contributed by atoms with Gasteiger partial charge >= 0.3 is 0 Å². The van der Waals surface area contributed by atoms with Gasteiger partial charge in [-0.1, -0.05) is 12.8 Å². The lowest BCUT2D eigenvalue weighted by Crippen LogP contribution is -2.20. The van der Waals surface area contributed by atoms with Crippen molar-refractivity contribution in [2.45, 2.75) is 25.7 Å². The molecule has 4 nitrogen and oxygen atoms in total. The Hall–Kier alpha value is -1.84. The number of hydrogen-bond donors (Lipinski definition) is 1. The summed E-state index contributed by atoms with van der Waals surface area (Å²) in [7, 11) is 0. The molecule has 2 heterocycles. The van der Waals surface area contributed by atoms with Crippen LogP contribution in [-0.2, 0) is 4.79 Å². The Labute approximate surface area is 99.7 Å². The average molecular weight is 229 g/mol. The maximum atomic E-state index is 12.0. The van der Waals surface area contributed by atoms with Gasteiger partial charge in [0.1, 0.15) is 0 Å². The van der Waals surface area contributed by atoms with Crippen LogP contribution < -0.4 is 5.32 Å². The Bertz CT molecular complexity index is 540. The molecule has 0 bridgehead atoms. The van der Waals surface area contributed by atoms with Crippen molar-refractivity contribution >= 4 is 17.2 Å². The predicted octanol–water partition coefficient (Wildman–Crippen LogP) is 2.46. The number of aromatic nitrogens is 2. The molecular weight excluding hydrogens is 214 g/mol. The fourth-order valence-corrected chi connectivity index (χ4v) is 2.47. The third-order valence-electron chi connectivity index (χ3n) is 3.40. The minimum absolute atomic E-state index is 0.138. The molecule has 2 aromatic rings. The number of nitrogens with zero attached hydrogens (tertiary/aromatic N) is 2. The van der Waals surface area contributed by atoms with Gasteiger partial charge in [0.25, 0.3) is 0 Å². The summed E-state index contributed by atoms with van der Waals surface area (Å²) in [6.45, 7) is 0. The lowest BCUT2D eigenvalue weighted by molar-refractivity contribution is -0.119. The van der Waals surface area contributed by atoms with E-state index in [-0.39, 0.29) is 11.8 Å². The van der Waals surface area contributed by atoms with Crippen LogP contribution in [-0.4, -0.2) is 15.3 Å². The number of pyridine rings is 1. The number of anilines is 1. The van der Waals surface area contributed by atoms with Gasteiger partial charge in [-0.25, -0.2) is 4.98 Å². The van der Waals surface area contributed by atoms with Gasteiger partial charge < -0.3 is 9.72 Å². The van der Waals surface area contributed by atoms with E-state index in [0.29, 0.717) is 0 Å². The number of fused-ring (bicyclic) bond motifs is 1. The summed E-state index contributed by atoms with van der Waals surface area (Å²) >= 11 is 0. The maximum Gasteiger partial charge on any atom is 0.227 e. The highest BCUT2D eigenvalue weighted by atomic mass is 16.1. The highest BCUT2D eigenvalue weighted by Crippen LogP contribution is 2.26. The molecule has 17 heavy (non-hydrogen) atoms. The van der Waals surface area contributed by atoms with Crippen molar-refractivity contribution < 1.29 is 4.79 Å². The minimum atomic E-state index is 0.138. The van der Waals surface area contributed by atoms with Crippen molar-refractivity contribution in [2.75, 3.05) is 5.32 Å². The van der Waals surface area contributed by atoms with Gasteiger partial charge in [0.2, 0.25) is 5.91 Å². The lowest BCUT2D eigenvalue weighted by atomic mass is 10.1. The molecule has 3 rings (SSSR count). The molecule has 0 spiro atoms. The summed E-state index contributed by atoms with van der Waals surface area (Å²) in [6, 6.07) is 3.81. The Balaban J connectivity index is 1.84. The Morgan fingerprint density at radius 2 is 2.18 bits per heavy atom. The van der Waals surface area contributed by atoms with Crippen LogP contribution in [0.2, 0.25) is 0 Å². The van der Waals surface area contributed by atoms with Crippen molar-refractivity contribution in [1.82, 2.24) is 9.38 Å². The van der Waals surface area contributed by atoms with Gasteiger partial charge in [-0.05, 0) is 25.0 Å². The molecular formula is C13H15N3O. The molecule has 0 saturated heterocycles. The normalized spacial score (nSPS) is 16.5. The van der Waals surface area contributed by atoms with E-state index in [1.807, 2.05) is 28.9 Å². The number of carbonyl (C=O) groups is 1. The molecule has 88 valence electrons. The fourth-order valence-electron chi connectivity index (χ4n) is 2.47. The third-order valence-corrected chi connectivity index (χ3v) is 3.40. The van der Waals surface area contributed by atoms with Crippen molar-refractivity contribution in [2.24, 2.45) is 5.92 Å². The molecule has 0 aromatic carbocycles. The first-order valence-corrected chi connectivity index (χ1v) is 6.07. The van der Waals surface area contributed by atoms with Crippen LogP contribution >= 0.6 is 0 Å². The van der Waals surface area contributed by atoms with Gasteiger partial charge in [0, 0.05) is 24.5 Å². The molecule has 0 unspecified atom stereocenters. The van der Waals surface area contributed by atoms with Crippen LogP contribution in [0.25, 0.3) is 5.65 Å². The minimum Gasteiger partial charge on any atom is -0.323 e. The Morgan fingerprint density at radius 1 is 1.35 bits per heavy atom. The van der Waals surface area contributed by atoms with Crippen molar-refractivity contribution in [3.8, 4) is 0 Å². The zero-order chi connectivity index (χ0) is 11.7. The quantitative estimate of drug-likeness (QED) is 0.859. The first-order valence-electron chi connectivity index (χ1n) is 6.07. The second-order valence-electron chi connectivity index (χ2n) is 4.55. The second-order valence-corrected chi connectivity index (χ2v) is 4.55. The molecule has 0 atom stereocenters. The van der Waals surface area contributed by atoms with E-state index in [9.17, 15) is 4.79 Å². The van der Waals surface area contributed by atoms with Gasteiger partial charge in [-0.3, -0.25) is 4.79 Å². The van der Waals surface area contributed by atoms with Gasteiger partial charge in [0.05, 0.1) is 5.69 Å². The molecule has 1 aliphatic rings. The van der Waals surface area contributed by atoms with Crippen LogP contribution in [0.15, 0.2) is 30.7 Å². The van der Waals surface area contributed by atoms with Gasteiger partial charge in [-0.15, -0.1) is 0 Å². The summed E-state index contributed by atoms with van der Waals surface area (Å²) in [5, 5.41) is 2.99. The second kappa shape index (κ2) is 4.20.